The molecule has 0 aliphatic heterocycles. The Labute approximate surface area is 86.1 Å². The minimum Gasteiger partial charge on any atom is -0.373 e. The molecule has 1 rings (SSSR count). The zero-order valence-corrected chi connectivity index (χ0v) is 9.53. The molecule has 14 heavy (non-hydrogen) atoms. The molecule has 1 aromatic rings. The molecule has 0 aliphatic rings. The predicted molar refractivity (Wildman–Crippen MR) is 57.2 cm³/mol. The van der Waals surface area contributed by atoms with Gasteiger partial charge >= 0.3 is 0 Å². The molecule has 0 N–H and O–H groups in total. The molecule has 0 radical (unpaired) electrons. The van der Waals surface area contributed by atoms with Crippen LogP contribution in [0.1, 0.15) is 45.9 Å². The van der Waals surface area contributed by atoms with E-state index < -0.39 is 0 Å². The van der Waals surface area contributed by atoms with E-state index in [1.54, 1.807) is 0 Å². The van der Waals surface area contributed by atoms with Crippen molar-refractivity contribution in [2.45, 2.75) is 52.9 Å². The molecule has 3 heteroatoms. The normalized spacial score (nSPS) is 13.5. The van der Waals surface area contributed by atoms with Crippen molar-refractivity contribution in [3.8, 4) is 0 Å². The highest BCUT2D eigenvalue weighted by Gasteiger charge is 2.08. The minimum atomic E-state index is 0.273. The van der Waals surface area contributed by atoms with Gasteiger partial charge in [0.1, 0.15) is 0 Å². The van der Waals surface area contributed by atoms with Crippen molar-refractivity contribution in [2.75, 3.05) is 0 Å². The fourth-order valence-electron chi connectivity index (χ4n) is 1.28. The molecular formula is C11H20N2O. The quantitative estimate of drug-likeness (QED) is 0.724. The van der Waals surface area contributed by atoms with E-state index in [0.29, 0.717) is 12.6 Å². The maximum absolute atomic E-state index is 5.56. The Balaban J connectivity index is 2.62. The average Bonchev–Trinajstić information content (AvgIpc) is 2.61. The predicted octanol–water partition coefficient (Wildman–Crippen LogP) is 2.78. The lowest BCUT2D eigenvalue weighted by Crippen LogP contribution is -2.12. The molecule has 0 spiro atoms. The molecule has 0 bridgehead atoms. The lowest BCUT2D eigenvalue weighted by Gasteiger charge is -2.14. The van der Waals surface area contributed by atoms with Crippen LogP contribution in [0.2, 0.25) is 0 Å². The zero-order valence-electron chi connectivity index (χ0n) is 9.53. The number of hydrogen-bond donors (Lipinski definition) is 0. The van der Waals surface area contributed by atoms with Crippen LogP contribution in [0, 0.1) is 0 Å². The minimum absolute atomic E-state index is 0.273. The van der Waals surface area contributed by atoms with Gasteiger partial charge in [0.15, 0.2) is 0 Å². The summed E-state index contributed by atoms with van der Waals surface area (Å²) in [6.45, 7) is 9.08. The van der Waals surface area contributed by atoms with Gasteiger partial charge in [-0.25, -0.2) is 0 Å². The summed E-state index contributed by atoms with van der Waals surface area (Å²) in [5, 5.41) is 4.30. The first-order valence-electron chi connectivity index (χ1n) is 5.29. The van der Waals surface area contributed by atoms with E-state index in [4.69, 9.17) is 4.74 Å². The number of hydrogen-bond acceptors (Lipinski definition) is 2. The van der Waals surface area contributed by atoms with Crippen LogP contribution in [-0.4, -0.2) is 15.9 Å². The van der Waals surface area contributed by atoms with Crippen molar-refractivity contribution < 1.29 is 4.74 Å². The first kappa shape index (κ1) is 11.2. The third-order valence-electron chi connectivity index (χ3n) is 2.33. The summed E-state index contributed by atoms with van der Waals surface area (Å²) in [6, 6.07) is 2.48. The van der Waals surface area contributed by atoms with Crippen molar-refractivity contribution >= 4 is 0 Å². The largest absolute Gasteiger partial charge is 0.373 e. The van der Waals surface area contributed by atoms with Gasteiger partial charge in [0.2, 0.25) is 0 Å². The highest BCUT2D eigenvalue weighted by molar-refractivity contribution is 5.00. The number of ether oxygens (including phenoxy) is 1. The van der Waals surface area contributed by atoms with Crippen LogP contribution in [0.3, 0.4) is 0 Å². The highest BCUT2D eigenvalue weighted by atomic mass is 16.5. The third kappa shape index (κ3) is 2.84. The molecule has 0 amide bonds. The summed E-state index contributed by atoms with van der Waals surface area (Å²) in [5.41, 5.74) is 1.16. The van der Waals surface area contributed by atoms with Gasteiger partial charge in [-0.05, 0) is 33.3 Å². The Morgan fingerprint density at radius 2 is 2.14 bits per heavy atom. The second-order valence-electron chi connectivity index (χ2n) is 3.88. The summed E-state index contributed by atoms with van der Waals surface area (Å²) >= 11 is 0. The van der Waals surface area contributed by atoms with Crippen LogP contribution < -0.4 is 0 Å². The van der Waals surface area contributed by atoms with Gasteiger partial charge in [0, 0.05) is 12.2 Å². The third-order valence-corrected chi connectivity index (χ3v) is 2.33. The number of nitrogens with zero attached hydrogens (tertiary/aromatic N) is 2. The molecule has 0 fully saturated rings. The first-order chi connectivity index (χ1) is 6.65. The highest BCUT2D eigenvalue weighted by Crippen LogP contribution is 2.13. The van der Waals surface area contributed by atoms with Gasteiger partial charge in [-0.3, -0.25) is 4.68 Å². The molecule has 0 aliphatic carbocycles. The van der Waals surface area contributed by atoms with Crippen LogP contribution in [0.4, 0.5) is 0 Å². The molecule has 1 atom stereocenters. The average molecular weight is 196 g/mol. The molecule has 0 unspecified atom stereocenters. The Morgan fingerprint density at radius 3 is 2.71 bits per heavy atom. The van der Waals surface area contributed by atoms with Gasteiger partial charge in [-0.1, -0.05) is 6.92 Å². The fourth-order valence-corrected chi connectivity index (χ4v) is 1.28. The molecular weight excluding hydrogens is 176 g/mol. The number of rotatable bonds is 5. The first-order valence-corrected chi connectivity index (χ1v) is 5.29. The van der Waals surface area contributed by atoms with Gasteiger partial charge in [-0.2, -0.15) is 5.10 Å². The Morgan fingerprint density at radius 1 is 1.43 bits per heavy atom. The smallest absolute Gasteiger partial charge is 0.0888 e. The summed E-state index contributed by atoms with van der Waals surface area (Å²) in [5.74, 6) is 0. The SMILES string of the molecule is CC[C@@H](C)n1nccc1COC(C)C. The zero-order chi connectivity index (χ0) is 10.6. The van der Waals surface area contributed by atoms with Crippen molar-refractivity contribution in [2.24, 2.45) is 0 Å². The van der Waals surface area contributed by atoms with E-state index in [9.17, 15) is 0 Å². The Bertz CT molecular complexity index is 268. The summed E-state index contributed by atoms with van der Waals surface area (Å²) in [4.78, 5) is 0. The van der Waals surface area contributed by atoms with Crippen molar-refractivity contribution in [3.63, 3.8) is 0 Å². The second kappa shape index (κ2) is 5.15. The van der Waals surface area contributed by atoms with E-state index in [-0.39, 0.29) is 6.10 Å². The van der Waals surface area contributed by atoms with Crippen LogP contribution >= 0.6 is 0 Å². The maximum Gasteiger partial charge on any atom is 0.0888 e. The Hall–Kier alpha value is -0.830. The van der Waals surface area contributed by atoms with Gasteiger partial charge in [0.25, 0.3) is 0 Å². The molecule has 1 heterocycles. The van der Waals surface area contributed by atoms with E-state index in [0.717, 1.165) is 12.1 Å². The Kier molecular flexibility index (Phi) is 4.14. The van der Waals surface area contributed by atoms with Crippen LogP contribution in [-0.2, 0) is 11.3 Å². The summed E-state index contributed by atoms with van der Waals surface area (Å²) in [6.07, 6.45) is 3.21. The van der Waals surface area contributed by atoms with E-state index in [2.05, 4.69) is 18.9 Å². The van der Waals surface area contributed by atoms with Gasteiger partial charge in [0.05, 0.1) is 18.4 Å². The van der Waals surface area contributed by atoms with Crippen molar-refractivity contribution in [3.05, 3.63) is 18.0 Å². The lowest BCUT2D eigenvalue weighted by molar-refractivity contribution is 0.0602. The van der Waals surface area contributed by atoms with E-state index in [1.807, 2.05) is 30.8 Å². The standard InChI is InChI=1S/C11H20N2O/c1-5-10(4)13-11(6-7-12-13)8-14-9(2)3/h6-7,9-10H,5,8H2,1-4H3/t10-/m1/s1. The summed E-state index contributed by atoms with van der Waals surface area (Å²) < 4.78 is 7.60. The topological polar surface area (TPSA) is 27.1 Å². The van der Waals surface area contributed by atoms with Gasteiger partial charge < -0.3 is 4.74 Å². The monoisotopic (exact) mass is 196 g/mol. The van der Waals surface area contributed by atoms with Crippen LogP contribution in [0.15, 0.2) is 12.3 Å². The fraction of sp³-hybridized carbons (Fsp3) is 0.727. The van der Waals surface area contributed by atoms with Crippen molar-refractivity contribution in [1.29, 1.82) is 0 Å². The van der Waals surface area contributed by atoms with Crippen LogP contribution in [0.5, 0.6) is 0 Å². The molecule has 3 nitrogen and oxygen atoms in total. The molecule has 1 aromatic heterocycles. The molecule has 0 saturated carbocycles. The molecule has 80 valence electrons. The molecule has 0 saturated heterocycles. The number of aromatic nitrogens is 2. The van der Waals surface area contributed by atoms with Crippen LogP contribution in [0.25, 0.3) is 0 Å². The molecule has 0 aromatic carbocycles. The van der Waals surface area contributed by atoms with E-state index in [1.165, 1.54) is 0 Å². The maximum atomic E-state index is 5.56. The van der Waals surface area contributed by atoms with Crippen molar-refractivity contribution in [1.82, 2.24) is 9.78 Å². The lowest BCUT2D eigenvalue weighted by atomic mass is 10.2. The summed E-state index contributed by atoms with van der Waals surface area (Å²) in [7, 11) is 0. The van der Waals surface area contributed by atoms with Gasteiger partial charge in [-0.15, -0.1) is 0 Å². The van der Waals surface area contributed by atoms with E-state index >= 15 is 0 Å². The second-order valence-corrected chi connectivity index (χ2v) is 3.88.